The molecule has 0 fully saturated rings. The van der Waals surface area contributed by atoms with Gasteiger partial charge < -0.3 is 4.42 Å². The highest BCUT2D eigenvalue weighted by molar-refractivity contribution is 5.98. The zero-order chi connectivity index (χ0) is 9.47. The standard InChI is InChI=1S/C11H12O2/c1-3-11(2)5-4-10(12)8-6-13-7-9(8)11/h3,6-7H,1,4-5H2,2H3. The number of carbonyl (C=O) groups is 1. The van der Waals surface area contributed by atoms with Crippen LogP contribution in [0, 0.1) is 0 Å². The highest BCUT2D eigenvalue weighted by atomic mass is 16.3. The Morgan fingerprint density at radius 1 is 1.62 bits per heavy atom. The Balaban J connectivity index is 2.58. The number of hydrogen-bond donors (Lipinski definition) is 0. The van der Waals surface area contributed by atoms with E-state index in [1.54, 1.807) is 12.5 Å². The highest BCUT2D eigenvalue weighted by Crippen LogP contribution is 2.38. The lowest BCUT2D eigenvalue weighted by molar-refractivity contribution is 0.0961. The van der Waals surface area contributed by atoms with Crippen LogP contribution in [-0.4, -0.2) is 5.78 Å². The fourth-order valence-corrected chi connectivity index (χ4v) is 1.81. The third-order valence-electron chi connectivity index (χ3n) is 2.90. The lowest BCUT2D eigenvalue weighted by Crippen LogP contribution is -2.26. The summed E-state index contributed by atoms with van der Waals surface area (Å²) in [6.07, 6.45) is 6.53. The Morgan fingerprint density at radius 2 is 2.38 bits per heavy atom. The molecule has 2 rings (SSSR count). The molecule has 2 nitrogen and oxygen atoms in total. The van der Waals surface area contributed by atoms with Crippen molar-refractivity contribution >= 4 is 5.78 Å². The van der Waals surface area contributed by atoms with Gasteiger partial charge in [-0.2, -0.15) is 0 Å². The molecule has 0 saturated carbocycles. The average molecular weight is 176 g/mol. The molecule has 1 atom stereocenters. The van der Waals surface area contributed by atoms with Crippen LogP contribution in [0.1, 0.15) is 35.7 Å². The second-order valence-corrected chi connectivity index (χ2v) is 3.74. The van der Waals surface area contributed by atoms with Crippen molar-refractivity contribution in [2.45, 2.75) is 25.2 Å². The minimum Gasteiger partial charge on any atom is -0.472 e. The van der Waals surface area contributed by atoms with E-state index in [4.69, 9.17) is 4.42 Å². The van der Waals surface area contributed by atoms with Crippen molar-refractivity contribution in [3.63, 3.8) is 0 Å². The topological polar surface area (TPSA) is 30.2 Å². The maximum absolute atomic E-state index is 11.5. The van der Waals surface area contributed by atoms with E-state index in [0.717, 1.165) is 17.5 Å². The predicted octanol–water partition coefficient (Wildman–Crippen LogP) is 2.70. The Morgan fingerprint density at radius 3 is 3.08 bits per heavy atom. The largest absolute Gasteiger partial charge is 0.472 e. The van der Waals surface area contributed by atoms with Crippen molar-refractivity contribution in [1.82, 2.24) is 0 Å². The molecular formula is C11H12O2. The second-order valence-electron chi connectivity index (χ2n) is 3.74. The Bertz CT molecular complexity index is 362. The number of Topliss-reactive ketones (excluding diaryl/α,β-unsaturated/α-hetero) is 1. The van der Waals surface area contributed by atoms with Crippen LogP contribution >= 0.6 is 0 Å². The first kappa shape index (κ1) is 8.30. The van der Waals surface area contributed by atoms with Crippen LogP contribution < -0.4 is 0 Å². The van der Waals surface area contributed by atoms with Crippen molar-refractivity contribution in [3.8, 4) is 0 Å². The molecule has 0 saturated heterocycles. The summed E-state index contributed by atoms with van der Waals surface area (Å²) >= 11 is 0. The van der Waals surface area contributed by atoms with Crippen LogP contribution in [-0.2, 0) is 5.41 Å². The molecule has 2 heteroatoms. The van der Waals surface area contributed by atoms with Gasteiger partial charge in [0.05, 0.1) is 11.8 Å². The molecule has 1 aliphatic carbocycles. The molecule has 0 bridgehead atoms. The lowest BCUT2D eigenvalue weighted by Gasteiger charge is -2.29. The molecule has 0 N–H and O–H groups in total. The summed E-state index contributed by atoms with van der Waals surface area (Å²) < 4.78 is 5.07. The fraction of sp³-hybridized carbons (Fsp3) is 0.364. The number of allylic oxidation sites excluding steroid dienone is 1. The van der Waals surface area contributed by atoms with Gasteiger partial charge in [-0.25, -0.2) is 0 Å². The normalized spacial score (nSPS) is 27.0. The number of hydrogen-bond acceptors (Lipinski definition) is 2. The summed E-state index contributed by atoms with van der Waals surface area (Å²) in [6.45, 7) is 5.89. The molecule has 0 aliphatic heterocycles. The van der Waals surface area contributed by atoms with E-state index in [-0.39, 0.29) is 11.2 Å². The molecular weight excluding hydrogens is 164 g/mol. The second kappa shape index (κ2) is 2.59. The number of ketones is 1. The predicted molar refractivity (Wildman–Crippen MR) is 49.8 cm³/mol. The molecule has 1 aromatic rings. The summed E-state index contributed by atoms with van der Waals surface area (Å²) in [5.41, 5.74) is 1.63. The van der Waals surface area contributed by atoms with Gasteiger partial charge >= 0.3 is 0 Å². The lowest BCUT2D eigenvalue weighted by atomic mass is 9.73. The molecule has 0 radical (unpaired) electrons. The maximum Gasteiger partial charge on any atom is 0.166 e. The molecule has 1 unspecified atom stereocenters. The maximum atomic E-state index is 11.5. The van der Waals surface area contributed by atoms with Crippen LogP contribution in [0.15, 0.2) is 29.6 Å². The van der Waals surface area contributed by atoms with Crippen LogP contribution in [0.25, 0.3) is 0 Å². The number of fused-ring (bicyclic) bond motifs is 1. The molecule has 0 spiro atoms. The summed E-state index contributed by atoms with van der Waals surface area (Å²) in [7, 11) is 0. The first-order valence-corrected chi connectivity index (χ1v) is 4.41. The van der Waals surface area contributed by atoms with Crippen LogP contribution in [0.2, 0.25) is 0 Å². The van der Waals surface area contributed by atoms with Gasteiger partial charge in [0.1, 0.15) is 6.26 Å². The quantitative estimate of drug-likeness (QED) is 0.616. The number of furan rings is 1. The minimum atomic E-state index is -0.0871. The van der Waals surface area contributed by atoms with E-state index in [9.17, 15) is 4.79 Å². The first-order chi connectivity index (χ1) is 6.17. The van der Waals surface area contributed by atoms with Gasteiger partial charge in [-0.05, 0) is 6.42 Å². The van der Waals surface area contributed by atoms with Crippen molar-refractivity contribution in [2.24, 2.45) is 0 Å². The molecule has 1 heterocycles. The van der Waals surface area contributed by atoms with E-state index in [1.807, 2.05) is 6.08 Å². The van der Waals surface area contributed by atoms with E-state index < -0.39 is 0 Å². The van der Waals surface area contributed by atoms with Gasteiger partial charge in [0.2, 0.25) is 0 Å². The van der Waals surface area contributed by atoms with Crippen molar-refractivity contribution < 1.29 is 9.21 Å². The van der Waals surface area contributed by atoms with Gasteiger partial charge in [0, 0.05) is 17.4 Å². The Labute approximate surface area is 77.2 Å². The highest BCUT2D eigenvalue weighted by Gasteiger charge is 2.34. The van der Waals surface area contributed by atoms with Crippen molar-refractivity contribution in [1.29, 1.82) is 0 Å². The summed E-state index contributed by atoms with van der Waals surface area (Å²) in [4.78, 5) is 11.5. The number of rotatable bonds is 1. The average Bonchev–Trinajstić information content (AvgIpc) is 2.62. The monoisotopic (exact) mass is 176 g/mol. The van der Waals surface area contributed by atoms with E-state index >= 15 is 0 Å². The molecule has 1 aliphatic rings. The SMILES string of the molecule is C=CC1(C)CCC(=O)c2cocc21. The van der Waals surface area contributed by atoms with Crippen LogP contribution in [0.3, 0.4) is 0 Å². The number of carbonyl (C=O) groups excluding carboxylic acids is 1. The van der Waals surface area contributed by atoms with Gasteiger partial charge in [0.15, 0.2) is 5.78 Å². The Kier molecular flexibility index (Phi) is 1.65. The zero-order valence-corrected chi connectivity index (χ0v) is 7.67. The molecule has 68 valence electrons. The van der Waals surface area contributed by atoms with E-state index in [0.29, 0.717) is 6.42 Å². The summed E-state index contributed by atoms with van der Waals surface area (Å²) in [5, 5.41) is 0. The van der Waals surface area contributed by atoms with Crippen LogP contribution in [0.5, 0.6) is 0 Å². The van der Waals surface area contributed by atoms with Gasteiger partial charge in [0.25, 0.3) is 0 Å². The molecule has 13 heavy (non-hydrogen) atoms. The van der Waals surface area contributed by atoms with Crippen molar-refractivity contribution in [3.05, 3.63) is 36.3 Å². The Hall–Kier alpha value is -1.31. The molecule has 0 aromatic carbocycles. The van der Waals surface area contributed by atoms with E-state index in [2.05, 4.69) is 13.5 Å². The smallest absolute Gasteiger partial charge is 0.166 e. The van der Waals surface area contributed by atoms with E-state index in [1.165, 1.54) is 0 Å². The summed E-state index contributed by atoms with van der Waals surface area (Å²) in [6, 6.07) is 0. The third-order valence-corrected chi connectivity index (χ3v) is 2.90. The van der Waals surface area contributed by atoms with Gasteiger partial charge in [-0.15, -0.1) is 6.58 Å². The summed E-state index contributed by atoms with van der Waals surface area (Å²) in [5.74, 6) is 0.183. The molecule has 0 amide bonds. The zero-order valence-electron chi connectivity index (χ0n) is 7.67. The third kappa shape index (κ3) is 1.05. The van der Waals surface area contributed by atoms with Gasteiger partial charge in [-0.1, -0.05) is 13.0 Å². The molecule has 1 aromatic heterocycles. The fourth-order valence-electron chi connectivity index (χ4n) is 1.81. The van der Waals surface area contributed by atoms with Gasteiger partial charge in [-0.3, -0.25) is 4.79 Å². The van der Waals surface area contributed by atoms with Crippen LogP contribution in [0.4, 0.5) is 0 Å². The minimum absolute atomic E-state index is 0.0871. The van der Waals surface area contributed by atoms with Crippen molar-refractivity contribution in [2.75, 3.05) is 0 Å². The first-order valence-electron chi connectivity index (χ1n) is 4.41.